The molecule has 2 saturated heterocycles. The van der Waals surface area contributed by atoms with E-state index in [4.69, 9.17) is 9.72 Å². The van der Waals surface area contributed by atoms with E-state index in [1.807, 2.05) is 56.3 Å². The molecule has 8 heteroatoms. The van der Waals surface area contributed by atoms with Gasteiger partial charge in [0.25, 0.3) is 5.56 Å². The van der Waals surface area contributed by atoms with Gasteiger partial charge in [0.15, 0.2) is 0 Å². The first-order valence-corrected chi connectivity index (χ1v) is 12.8. The van der Waals surface area contributed by atoms with Crippen LogP contribution in [0.4, 0.5) is 5.69 Å². The molecule has 0 bridgehead atoms. The molecule has 4 atom stereocenters. The number of nitrogens with one attached hydrogen (secondary N) is 1. The molecule has 3 aliphatic heterocycles. The second-order valence-corrected chi connectivity index (χ2v) is 10.5. The highest BCUT2D eigenvalue weighted by atomic mass is 16.5. The third-order valence-electron chi connectivity index (χ3n) is 8.35. The zero-order chi connectivity index (χ0) is 26.3. The van der Waals surface area contributed by atoms with Crippen molar-refractivity contribution in [2.45, 2.75) is 25.4 Å². The number of aromatic nitrogens is 2. The highest BCUT2D eigenvalue weighted by Crippen LogP contribution is 2.56. The fourth-order valence-electron chi connectivity index (χ4n) is 6.71. The van der Waals surface area contributed by atoms with Gasteiger partial charge in [-0.3, -0.25) is 24.3 Å². The Bertz CT molecular complexity index is 1710. The van der Waals surface area contributed by atoms with Gasteiger partial charge in [-0.05, 0) is 48.4 Å². The number of nitrogens with zero attached hydrogens (tertiary/aromatic N) is 3. The molecule has 1 spiro atoms. The van der Waals surface area contributed by atoms with Crippen molar-refractivity contribution >= 4 is 28.4 Å². The average Bonchev–Trinajstić information content (AvgIpc) is 3.53. The van der Waals surface area contributed by atoms with Gasteiger partial charge in [-0.15, -0.1) is 0 Å². The molecule has 0 radical (unpaired) electrons. The van der Waals surface area contributed by atoms with Gasteiger partial charge in [0.1, 0.15) is 17.1 Å². The number of hydrogen-bond acceptors (Lipinski definition) is 6. The van der Waals surface area contributed by atoms with Crippen molar-refractivity contribution in [2.75, 3.05) is 12.0 Å². The molecule has 2 amide bonds. The van der Waals surface area contributed by atoms with Gasteiger partial charge in [-0.1, -0.05) is 44.2 Å². The molecule has 0 unspecified atom stereocenters. The smallest absolute Gasteiger partial charge is 0.266 e. The van der Waals surface area contributed by atoms with E-state index in [-0.39, 0.29) is 29.3 Å². The average molecular weight is 507 g/mol. The Morgan fingerprint density at radius 1 is 0.921 bits per heavy atom. The van der Waals surface area contributed by atoms with Crippen LogP contribution in [0.2, 0.25) is 0 Å². The summed E-state index contributed by atoms with van der Waals surface area (Å²) in [5, 5.41) is 4.22. The number of imide groups is 1. The lowest BCUT2D eigenvalue weighted by Crippen LogP contribution is -2.51. The number of benzene rings is 3. The van der Waals surface area contributed by atoms with E-state index < -0.39 is 17.4 Å². The largest absolute Gasteiger partial charge is 0.497 e. The number of ether oxygens (including phenoxy) is 1. The molecule has 4 heterocycles. The molecule has 7 rings (SSSR count). The molecule has 1 N–H and O–H groups in total. The fourth-order valence-corrected chi connectivity index (χ4v) is 6.71. The first-order chi connectivity index (χ1) is 18.4. The monoisotopic (exact) mass is 506 g/mol. The van der Waals surface area contributed by atoms with Crippen molar-refractivity contribution in [3.63, 3.8) is 0 Å². The molecule has 2 fully saturated rings. The molecule has 3 aromatic carbocycles. The highest BCUT2D eigenvalue weighted by Gasteiger charge is 2.70. The van der Waals surface area contributed by atoms with Gasteiger partial charge in [0, 0.05) is 11.6 Å². The lowest BCUT2D eigenvalue weighted by Gasteiger charge is -2.32. The molecule has 0 aliphatic carbocycles. The predicted octanol–water partition coefficient (Wildman–Crippen LogP) is 3.38. The van der Waals surface area contributed by atoms with Gasteiger partial charge < -0.3 is 4.74 Å². The van der Waals surface area contributed by atoms with Gasteiger partial charge in [-0.25, -0.2) is 9.88 Å². The lowest BCUT2D eigenvalue weighted by atomic mass is 9.75. The van der Waals surface area contributed by atoms with E-state index in [1.165, 1.54) is 4.90 Å². The van der Waals surface area contributed by atoms with Crippen LogP contribution in [0.25, 0.3) is 16.6 Å². The van der Waals surface area contributed by atoms with Crippen LogP contribution in [-0.4, -0.2) is 34.5 Å². The maximum Gasteiger partial charge on any atom is 0.266 e. The Balaban J connectivity index is 1.51. The van der Waals surface area contributed by atoms with Gasteiger partial charge >= 0.3 is 0 Å². The highest BCUT2D eigenvalue weighted by molar-refractivity contribution is 6.23. The number of para-hydroxylation sites is 2. The van der Waals surface area contributed by atoms with E-state index in [0.717, 1.165) is 5.56 Å². The van der Waals surface area contributed by atoms with Crippen molar-refractivity contribution in [3.8, 4) is 11.4 Å². The minimum absolute atomic E-state index is 0.0443. The maximum atomic E-state index is 14.4. The Kier molecular flexibility index (Phi) is 4.72. The summed E-state index contributed by atoms with van der Waals surface area (Å²) in [6.45, 7) is 4.09. The van der Waals surface area contributed by atoms with E-state index in [9.17, 15) is 14.4 Å². The summed E-state index contributed by atoms with van der Waals surface area (Å²) in [4.78, 5) is 48.6. The van der Waals surface area contributed by atoms with Crippen molar-refractivity contribution in [1.29, 1.82) is 0 Å². The maximum absolute atomic E-state index is 14.4. The Morgan fingerprint density at radius 3 is 2.37 bits per heavy atom. The molecule has 38 heavy (non-hydrogen) atoms. The number of anilines is 1. The van der Waals surface area contributed by atoms with Crippen molar-refractivity contribution in [3.05, 3.63) is 94.5 Å². The standard InChI is InChI=1S/C30H26N4O4/c1-16(2)25-23-24(28(37)33(27(23)36)17-12-14-18(38-3)15-13-17)30(32-25)20-9-5-7-11-22(20)34-26(35)19-8-4-6-10-21(19)31-29(30)34/h4-16,23-25,32H,1-3H3/t23-,24-,25+,30-/m1/s1. The Morgan fingerprint density at radius 2 is 1.63 bits per heavy atom. The van der Waals surface area contributed by atoms with Crippen LogP contribution in [0.3, 0.4) is 0 Å². The van der Waals surface area contributed by atoms with Gasteiger partial charge in [-0.2, -0.15) is 0 Å². The number of methoxy groups -OCH3 is 1. The second kappa shape index (κ2) is 7.85. The summed E-state index contributed by atoms with van der Waals surface area (Å²) in [5.41, 5.74) is 1.22. The summed E-state index contributed by atoms with van der Waals surface area (Å²) < 4.78 is 6.89. The number of rotatable bonds is 3. The number of carbonyl (C=O) groups excluding carboxylic acids is 2. The third-order valence-corrected chi connectivity index (χ3v) is 8.35. The minimum atomic E-state index is -1.13. The SMILES string of the molecule is COc1ccc(N2C(=O)[C@H]3[C@H](C(C)C)N[C@]4(c5ccccc5-n5c4nc4ccccc4c5=O)[C@H]3C2=O)cc1. The van der Waals surface area contributed by atoms with Crippen LogP contribution in [0.1, 0.15) is 25.2 Å². The van der Waals surface area contributed by atoms with Crippen molar-refractivity contribution in [1.82, 2.24) is 14.9 Å². The summed E-state index contributed by atoms with van der Waals surface area (Å²) in [7, 11) is 1.57. The molecular formula is C30H26N4O4. The summed E-state index contributed by atoms with van der Waals surface area (Å²) in [6.07, 6.45) is 0. The van der Waals surface area contributed by atoms with E-state index in [1.54, 1.807) is 42.0 Å². The minimum Gasteiger partial charge on any atom is -0.497 e. The fraction of sp³-hybridized carbons (Fsp3) is 0.267. The van der Waals surface area contributed by atoms with E-state index in [2.05, 4.69) is 5.32 Å². The number of amides is 2. The molecule has 8 nitrogen and oxygen atoms in total. The number of fused-ring (bicyclic) bond motifs is 8. The van der Waals surface area contributed by atoms with Crippen LogP contribution >= 0.6 is 0 Å². The van der Waals surface area contributed by atoms with Crippen LogP contribution in [-0.2, 0) is 15.1 Å². The summed E-state index contributed by atoms with van der Waals surface area (Å²) in [6, 6.07) is 21.5. The Hall–Kier alpha value is -4.30. The first-order valence-electron chi connectivity index (χ1n) is 12.8. The first kappa shape index (κ1) is 22.9. The summed E-state index contributed by atoms with van der Waals surface area (Å²) in [5.74, 6) is -0.791. The molecule has 0 saturated carbocycles. The summed E-state index contributed by atoms with van der Waals surface area (Å²) >= 11 is 0. The number of hydrogen-bond donors (Lipinski definition) is 1. The zero-order valence-electron chi connectivity index (χ0n) is 21.2. The van der Waals surface area contributed by atoms with Crippen LogP contribution in [0.5, 0.6) is 5.75 Å². The van der Waals surface area contributed by atoms with Crippen molar-refractivity contribution in [2.24, 2.45) is 17.8 Å². The topological polar surface area (TPSA) is 93.5 Å². The molecule has 190 valence electrons. The molecular weight excluding hydrogens is 480 g/mol. The molecule has 1 aromatic heterocycles. The molecule has 4 aromatic rings. The van der Waals surface area contributed by atoms with Crippen LogP contribution in [0.15, 0.2) is 77.6 Å². The lowest BCUT2D eigenvalue weighted by molar-refractivity contribution is -0.123. The molecule has 3 aliphatic rings. The van der Waals surface area contributed by atoms with Gasteiger partial charge in [0.05, 0.1) is 41.2 Å². The quantitative estimate of drug-likeness (QED) is 0.428. The van der Waals surface area contributed by atoms with Crippen LogP contribution in [0, 0.1) is 17.8 Å². The van der Waals surface area contributed by atoms with Crippen molar-refractivity contribution < 1.29 is 14.3 Å². The Labute approximate surface area is 218 Å². The van der Waals surface area contributed by atoms with Crippen LogP contribution < -0.4 is 20.5 Å². The second-order valence-electron chi connectivity index (χ2n) is 10.5. The van der Waals surface area contributed by atoms with Gasteiger partial charge in [0.2, 0.25) is 11.8 Å². The van der Waals surface area contributed by atoms with E-state index >= 15 is 0 Å². The van der Waals surface area contributed by atoms with E-state index in [0.29, 0.717) is 33.9 Å². The number of carbonyl (C=O) groups is 2. The predicted molar refractivity (Wildman–Crippen MR) is 142 cm³/mol. The normalized spacial score (nSPS) is 25.4. The zero-order valence-corrected chi connectivity index (χ0v) is 21.2. The third kappa shape index (κ3) is 2.73.